The first-order valence-electron chi connectivity index (χ1n) is 5.91. The van der Waals surface area contributed by atoms with Crippen molar-refractivity contribution in [2.24, 2.45) is 5.73 Å². The average Bonchev–Trinajstić information content (AvgIpc) is 2.38. The molecule has 106 valence electrons. The molecule has 0 unspecified atom stereocenters. The maximum atomic E-state index is 11.1. The van der Waals surface area contributed by atoms with Gasteiger partial charge in [-0.25, -0.2) is 4.79 Å². The minimum Gasteiger partial charge on any atom is -0.480 e. The molecule has 1 amide bonds. The van der Waals surface area contributed by atoms with E-state index in [1.165, 1.54) is 6.92 Å². The van der Waals surface area contributed by atoms with E-state index in [1.54, 1.807) is 0 Å². The Morgan fingerprint density at radius 1 is 1.37 bits per heavy atom. The van der Waals surface area contributed by atoms with Gasteiger partial charge in [-0.05, 0) is 19.0 Å². The van der Waals surface area contributed by atoms with Crippen LogP contribution < -0.4 is 11.1 Å². The van der Waals surface area contributed by atoms with Gasteiger partial charge in [0.15, 0.2) is 0 Å². The summed E-state index contributed by atoms with van der Waals surface area (Å²) in [5.41, 5.74) is 5.70. The van der Waals surface area contributed by atoms with Crippen molar-refractivity contribution in [2.75, 3.05) is 6.54 Å². The maximum Gasteiger partial charge on any atom is 0.408 e. The summed E-state index contributed by atoms with van der Waals surface area (Å²) < 4.78 is 4.84. The summed E-state index contributed by atoms with van der Waals surface area (Å²) in [6, 6.07) is 8.19. The number of rotatable bonds is 4. The second-order valence-corrected chi connectivity index (χ2v) is 3.67. The molecule has 0 aliphatic carbocycles. The largest absolute Gasteiger partial charge is 0.480 e. The number of carbonyl (C=O) groups excluding carboxylic acids is 1. The quantitative estimate of drug-likeness (QED) is 0.765. The van der Waals surface area contributed by atoms with Gasteiger partial charge in [0.2, 0.25) is 0 Å². The third kappa shape index (κ3) is 8.62. The van der Waals surface area contributed by atoms with Crippen LogP contribution in [0.3, 0.4) is 0 Å². The van der Waals surface area contributed by atoms with Gasteiger partial charge in [0.1, 0.15) is 12.6 Å². The van der Waals surface area contributed by atoms with Crippen LogP contribution >= 0.6 is 0 Å². The molecule has 1 aromatic rings. The van der Waals surface area contributed by atoms with Crippen molar-refractivity contribution >= 4 is 12.1 Å². The number of carboxylic acid groups (broad SMARTS) is 1. The van der Waals surface area contributed by atoms with Crippen LogP contribution in [0.4, 0.5) is 4.79 Å². The number of benzene rings is 1. The van der Waals surface area contributed by atoms with Crippen molar-refractivity contribution in [3.8, 4) is 0 Å². The first kappa shape index (κ1) is 16.9. The maximum absolute atomic E-state index is 11.1. The van der Waals surface area contributed by atoms with Crippen LogP contribution in [0.5, 0.6) is 0 Å². The Hall–Kier alpha value is -2.08. The van der Waals surface area contributed by atoms with E-state index in [4.69, 9.17) is 15.6 Å². The number of ether oxygens (including phenoxy) is 1. The van der Waals surface area contributed by atoms with Crippen molar-refractivity contribution in [3.63, 3.8) is 0 Å². The van der Waals surface area contributed by atoms with Crippen LogP contribution in [0, 0.1) is 0 Å². The summed E-state index contributed by atoms with van der Waals surface area (Å²) in [6.07, 6.45) is -0.737. The van der Waals surface area contributed by atoms with E-state index in [1.807, 2.05) is 37.3 Å². The zero-order valence-electron chi connectivity index (χ0n) is 11.1. The van der Waals surface area contributed by atoms with Gasteiger partial charge < -0.3 is 20.9 Å². The highest BCUT2D eigenvalue weighted by Crippen LogP contribution is 2.00. The molecule has 19 heavy (non-hydrogen) atoms. The van der Waals surface area contributed by atoms with E-state index in [-0.39, 0.29) is 6.61 Å². The van der Waals surface area contributed by atoms with Gasteiger partial charge in [-0.3, -0.25) is 4.79 Å². The fourth-order valence-electron chi connectivity index (χ4n) is 1.00. The Morgan fingerprint density at radius 2 is 1.89 bits per heavy atom. The Labute approximate surface area is 112 Å². The molecule has 1 aromatic carbocycles. The first-order valence-corrected chi connectivity index (χ1v) is 5.91. The standard InChI is InChI=1S/C11H13NO4.C2H7N/c1-8(10(13)14)12-11(15)16-7-9-5-3-2-4-6-9;1-2-3/h2-6,8H,7H2,1H3,(H,12,15)(H,13,14);2-3H2,1H3/t8-;/m0./s1. The highest BCUT2D eigenvalue weighted by Gasteiger charge is 2.14. The monoisotopic (exact) mass is 268 g/mol. The molecule has 0 aromatic heterocycles. The summed E-state index contributed by atoms with van der Waals surface area (Å²) in [7, 11) is 0. The van der Waals surface area contributed by atoms with Crippen LogP contribution in [0.2, 0.25) is 0 Å². The third-order valence-corrected chi connectivity index (χ3v) is 1.92. The van der Waals surface area contributed by atoms with Gasteiger partial charge in [0.25, 0.3) is 0 Å². The molecule has 1 rings (SSSR count). The number of amides is 1. The molecule has 4 N–H and O–H groups in total. The number of hydrogen-bond acceptors (Lipinski definition) is 4. The van der Waals surface area contributed by atoms with E-state index in [2.05, 4.69) is 5.32 Å². The second-order valence-electron chi connectivity index (χ2n) is 3.67. The minimum atomic E-state index is -1.10. The molecule has 0 heterocycles. The van der Waals surface area contributed by atoms with Crippen LogP contribution in [0.15, 0.2) is 30.3 Å². The molecular formula is C13H20N2O4. The molecule has 0 saturated carbocycles. The number of nitrogens with two attached hydrogens (primary N) is 1. The van der Waals surface area contributed by atoms with E-state index < -0.39 is 18.1 Å². The van der Waals surface area contributed by atoms with Gasteiger partial charge in [0, 0.05) is 0 Å². The second kappa shape index (κ2) is 9.90. The van der Waals surface area contributed by atoms with Crippen molar-refractivity contribution < 1.29 is 19.4 Å². The number of hydrogen-bond donors (Lipinski definition) is 3. The van der Waals surface area contributed by atoms with Crippen LogP contribution in [0.25, 0.3) is 0 Å². The number of alkyl carbamates (subject to hydrolysis) is 1. The lowest BCUT2D eigenvalue weighted by Crippen LogP contribution is -2.38. The number of aliphatic carboxylic acids is 1. The molecule has 0 spiro atoms. The van der Waals surface area contributed by atoms with Crippen LogP contribution in [-0.4, -0.2) is 29.8 Å². The van der Waals surface area contributed by atoms with Crippen molar-refractivity contribution in [3.05, 3.63) is 35.9 Å². The van der Waals surface area contributed by atoms with E-state index in [9.17, 15) is 9.59 Å². The lowest BCUT2D eigenvalue weighted by Gasteiger charge is -2.09. The summed E-state index contributed by atoms with van der Waals surface area (Å²) in [5.74, 6) is -1.10. The van der Waals surface area contributed by atoms with Gasteiger partial charge in [-0.2, -0.15) is 0 Å². The SMILES string of the molecule is CCN.C[C@H](NC(=O)OCc1ccccc1)C(=O)O. The van der Waals surface area contributed by atoms with Crippen LogP contribution in [0.1, 0.15) is 19.4 Å². The van der Waals surface area contributed by atoms with Gasteiger partial charge in [-0.1, -0.05) is 37.3 Å². The fourth-order valence-corrected chi connectivity index (χ4v) is 1.00. The normalized spacial score (nSPS) is 10.7. The van der Waals surface area contributed by atoms with E-state index in [0.29, 0.717) is 0 Å². The molecule has 0 aliphatic heterocycles. The summed E-state index contributed by atoms with van der Waals surface area (Å²) in [4.78, 5) is 21.6. The molecule has 0 bridgehead atoms. The predicted molar refractivity (Wildman–Crippen MR) is 71.6 cm³/mol. The predicted octanol–water partition coefficient (Wildman–Crippen LogP) is 1.35. The Bertz CT molecular complexity index is 381. The van der Waals surface area contributed by atoms with E-state index >= 15 is 0 Å². The Balaban J connectivity index is 0.000000982. The number of nitrogens with one attached hydrogen (secondary N) is 1. The molecular weight excluding hydrogens is 248 g/mol. The van der Waals surface area contributed by atoms with Gasteiger partial charge in [0.05, 0.1) is 0 Å². The van der Waals surface area contributed by atoms with Crippen molar-refractivity contribution in [2.45, 2.75) is 26.5 Å². The van der Waals surface area contributed by atoms with Gasteiger partial charge in [-0.15, -0.1) is 0 Å². The molecule has 6 nitrogen and oxygen atoms in total. The molecule has 0 saturated heterocycles. The van der Waals surface area contributed by atoms with Gasteiger partial charge >= 0.3 is 12.1 Å². The molecule has 0 fully saturated rings. The van der Waals surface area contributed by atoms with E-state index in [0.717, 1.165) is 12.1 Å². The molecule has 0 radical (unpaired) electrons. The highest BCUT2D eigenvalue weighted by molar-refractivity contribution is 5.79. The zero-order chi connectivity index (χ0) is 14.7. The first-order chi connectivity index (χ1) is 9.01. The number of carbonyl (C=O) groups is 2. The smallest absolute Gasteiger partial charge is 0.408 e. The summed E-state index contributed by atoms with van der Waals surface area (Å²) >= 11 is 0. The Kier molecular flexibility index (Phi) is 8.82. The Morgan fingerprint density at radius 3 is 2.37 bits per heavy atom. The third-order valence-electron chi connectivity index (χ3n) is 1.92. The zero-order valence-corrected chi connectivity index (χ0v) is 11.1. The van der Waals surface area contributed by atoms with Crippen LogP contribution in [-0.2, 0) is 16.1 Å². The van der Waals surface area contributed by atoms with Crippen molar-refractivity contribution in [1.82, 2.24) is 5.32 Å². The fraction of sp³-hybridized carbons (Fsp3) is 0.385. The minimum absolute atomic E-state index is 0.124. The lowest BCUT2D eigenvalue weighted by molar-refractivity contribution is -0.138. The summed E-state index contributed by atoms with van der Waals surface area (Å²) in [6.45, 7) is 4.14. The average molecular weight is 268 g/mol. The lowest BCUT2D eigenvalue weighted by atomic mass is 10.2. The molecule has 6 heteroatoms. The summed E-state index contributed by atoms with van der Waals surface area (Å²) in [5, 5.41) is 10.7. The topological polar surface area (TPSA) is 102 Å². The molecule has 0 aliphatic rings. The highest BCUT2D eigenvalue weighted by atomic mass is 16.5. The van der Waals surface area contributed by atoms with Crippen molar-refractivity contribution in [1.29, 1.82) is 0 Å². The number of carboxylic acids is 1. The molecule has 1 atom stereocenters.